The lowest BCUT2D eigenvalue weighted by Crippen LogP contribution is -2.24. The molecule has 0 aromatic rings. The molecule has 0 aromatic heterocycles. The fourth-order valence-corrected chi connectivity index (χ4v) is 4.40. The minimum absolute atomic E-state index is 0.481. The van der Waals surface area contributed by atoms with Crippen molar-refractivity contribution in [2.75, 3.05) is 0 Å². The molecule has 1 rings (SSSR count). The van der Waals surface area contributed by atoms with Crippen LogP contribution in [0.25, 0.3) is 0 Å². The van der Waals surface area contributed by atoms with Gasteiger partial charge in [-0.2, -0.15) is 0 Å². The Bertz CT molecular complexity index is 87.3. The van der Waals surface area contributed by atoms with E-state index in [0.717, 1.165) is 0 Å². The van der Waals surface area contributed by atoms with E-state index in [0.29, 0.717) is 6.10 Å². The molecule has 0 bridgehead atoms. The summed E-state index contributed by atoms with van der Waals surface area (Å²) >= 11 is -0.684. The third kappa shape index (κ3) is 3.05. The first-order chi connectivity index (χ1) is 4.79. The van der Waals surface area contributed by atoms with Gasteiger partial charge in [-0.15, -0.1) is 0 Å². The normalized spacial score (nSPS) is 20.1. The summed E-state index contributed by atoms with van der Waals surface area (Å²) in [5, 5.41) is 2.86. The van der Waals surface area contributed by atoms with E-state index in [-0.39, 0.29) is 0 Å². The van der Waals surface area contributed by atoms with Crippen LogP contribution >= 0.6 is 0 Å². The van der Waals surface area contributed by atoms with Gasteiger partial charge in [-0.05, 0) is 13.8 Å². The van der Waals surface area contributed by atoms with Crippen LogP contribution in [0.5, 0.6) is 0 Å². The molecule has 1 aliphatic heterocycles. The molecule has 58 valence electrons. The first-order valence-corrected chi connectivity index (χ1v) is 6.55. The monoisotopic (exact) mass is 156 g/mol. The first-order valence-electron chi connectivity index (χ1n) is 4.44. The summed E-state index contributed by atoms with van der Waals surface area (Å²) in [4.78, 5) is 0. The smallest absolute Gasteiger partial charge is 0.460 e. The van der Waals surface area contributed by atoms with Crippen LogP contribution in [0, 0.1) is 0 Å². The van der Waals surface area contributed by atoms with Crippen molar-refractivity contribution in [2.45, 2.75) is 49.8 Å². The van der Waals surface area contributed by atoms with Crippen molar-refractivity contribution in [2.24, 2.45) is 0 Å². The molecule has 0 N–H and O–H groups in total. The molecular weight excluding hydrogens is 139 g/mol. The second-order valence-corrected chi connectivity index (χ2v) is 6.12. The zero-order valence-corrected chi connectivity index (χ0v) is 8.25. The highest BCUT2D eigenvalue weighted by atomic mass is 27.2. The van der Waals surface area contributed by atoms with Crippen molar-refractivity contribution < 1.29 is 3.79 Å². The number of hydrogen-bond acceptors (Lipinski definition) is 1. The van der Waals surface area contributed by atoms with Crippen molar-refractivity contribution in [1.82, 2.24) is 0 Å². The molecule has 0 unspecified atom stereocenters. The maximum Gasteiger partial charge on any atom is 0.460 e. The zero-order chi connectivity index (χ0) is 7.40. The Balaban J connectivity index is 2.13. The largest absolute Gasteiger partial charge is 0.499 e. The van der Waals surface area contributed by atoms with Gasteiger partial charge in [-0.3, -0.25) is 0 Å². The quantitative estimate of drug-likeness (QED) is 0.558. The molecule has 1 saturated heterocycles. The van der Waals surface area contributed by atoms with Gasteiger partial charge in [0.15, 0.2) is 0 Å². The van der Waals surface area contributed by atoms with Gasteiger partial charge in [0, 0.05) is 6.10 Å². The summed E-state index contributed by atoms with van der Waals surface area (Å²) in [6.45, 7) is 4.31. The zero-order valence-electron chi connectivity index (χ0n) is 7.10. The Morgan fingerprint density at radius 3 is 2.20 bits per heavy atom. The van der Waals surface area contributed by atoms with Gasteiger partial charge in [0.1, 0.15) is 0 Å². The van der Waals surface area contributed by atoms with Crippen LogP contribution in [-0.2, 0) is 3.79 Å². The van der Waals surface area contributed by atoms with Crippen LogP contribution in [0.2, 0.25) is 10.6 Å². The molecule has 0 aliphatic carbocycles. The van der Waals surface area contributed by atoms with Gasteiger partial charge in [-0.25, -0.2) is 0 Å². The molecule has 1 heterocycles. The van der Waals surface area contributed by atoms with Crippen LogP contribution < -0.4 is 0 Å². The van der Waals surface area contributed by atoms with E-state index >= 15 is 0 Å². The van der Waals surface area contributed by atoms with Crippen LogP contribution in [0.15, 0.2) is 0 Å². The summed E-state index contributed by atoms with van der Waals surface area (Å²) in [6.07, 6.45) is 4.80. The van der Waals surface area contributed by atoms with Gasteiger partial charge in [0.2, 0.25) is 0 Å². The Morgan fingerprint density at radius 1 is 1.10 bits per heavy atom. The molecule has 1 nitrogen and oxygen atoms in total. The highest BCUT2D eigenvalue weighted by Crippen LogP contribution is 2.20. The molecule has 10 heavy (non-hydrogen) atoms. The fourth-order valence-electron chi connectivity index (χ4n) is 1.59. The minimum atomic E-state index is -0.684. The van der Waals surface area contributed by atoms with E-state index in [9.17, 15) is 0 Å². The summed E-state index contributed by atoms with van der Waals surface area (Å²) < 4.78 is 5.83. The second-order valence-electron chi connectivity index (χ2n) is 3.44. The standard InChI is InChI=1S/C5H10.C3H7O.Al/c1-3-5-4-2;1-3(2)4;/h1-5H2;3H,1-2H3;/q;-1;+1. The topological polar surface area (TPSA) is 9.23 Å². The van der Waals surface area contributed by atoms with Gasteiger partial charge in [0.25, 0.3) is 0 Å². The van der Waals surface area contributed by atoms with Gasteiger partial charge in [0.05, 0.1) is 0 Å². The van der Waals surface area contributed by atoms with E-state index in [4.69, 9.17) is 3.79 Å². The Kier molecular flexibility index (Phi) is 3.77. The highest BCUT2D eigenvalue weighted by molar-refractivity contribution is 6.52. The first kappa shape index (κ1) is 8.59. The molecule has 2 heteroatoms. The number of rotatable bonds is 2. The van der Waals surface area contributed by atoms with Crippen LogP contribution in [-0.4, -0.2) is 20.6 Å². The predicted octanol–water partition coefficient (Wildman–Crippen LogP) is 2.59. The van der Waals surface area contributed by atoms with E-state index in [2.05, 4.69) is 13.8 Å². The number of hydrogen-bond donors (Lipinski definition) is 0. The van der Waals surface area contributed by atoms with E-state index in [1.807, 2.05) is 0 Å². The van der Waals surface area contributed by atoms with E-state index in [1.165, 1.54) is 29.8 Å². The molecule has 0 spiro atoms. The lowest BCUT2D eigenvalue weighted by atomic mass is 10.3. The highest BCUT2D eigenvalue weighted by Gasteiger charge is 2.23. The van der Waals surface area contributed by atoms with Gasteiger partial charge in [-0.1, -0.05) is 29.8 Å². The average Bonchev–Trinajstić information content (AvgIpc) is 1.88. The van der Waals surface area contributed by atoms with Crippen molar-refractivity contribution >= 4 is 14.5 Å². The third-order valence-electron chi connectivity index (χ3n) is 2.02. The van der Waals surface area contributed by atoms with Gasteiger partial charge >= 0.3 is 14.5 Å². The average molecular weight is 156 g/mol. The predicted molar refractivity (Wildman–Crippen MR) is 45.4 cm³/mol. The van der Waals surface area contributed by atoms with Crippen LogP contribution in [0.3, 0.4) is 0 Å². The fraction of sp³-hybridized carbons (Fsp3) is 1.00. The summed E-state index contributed by atoms with van der Waals surface area (Å²) in [6, 6.07) is 0. The van der Waals surface area contributed by atoms with Gasteiger partial charge < -0.3 is 3.79 Å². The Morgan fingerprint density at radius 2 is 1.70 bits per heavy atom. The Hall–Kier alpha value is 0.492. The summed E-state index contributed by atoms with van der Waals surface area (Å²) in [5.74, 6) is 0. The molecule has 0 aromatic carbocycles. The maximum absolute atomic E-state index is 5.83. The summed E-state index contributed by atoms with van der Waals surface area (Å²) in [7, 11) is 0. The van der Waals surface area contributed by atoms with Crippen molar-refractivity contribution in [3.05, 3.63) is 0 Å². The molecule has 1 aliphatic rings. The van der Waals surface area contributed by atoms with Crippen molar-refractivity contribution in [3.63, 3.8) is 0 Å². The summed E-state index contributed by atoms with van der Waals surface area (Å²) in [5.41, 5.74) is 0. The molecule has 0 saturated carbocycles. The Labute approximate surface area is 68.5 Å². The van der Waals surface area contributed by atoms with Crippen LogP contribution in [0.4, 0.5) is 0 Å². The minimum Gasteiger partial charge on any atom is -0.499 e. The molecular formula is C8H17AlO. The second kappa shape index (κ2) is 4.39. The van der Waals surface area contributed by atoms with Crippen molar-refractivity contribution in [3.8, 4) is 0 Å². The van der Waals surface area contributed by atoms with E-state index in [1.54, 1.807) is 0 Å². The molecule has 0 atom stereocenters. The third-order valence-corrected chi connectivity index (χ3v) is 5.05. The van der Waals surface area contributed by atoms with Crippen LogP contribution in [0.1, 0.15) is 33.1 Å². The lowest BCUT2D eigenvalue weighted by molar-refractivity contribution is 0.237. The molecule has 0 amide bonds. The van der Waals surface area contributed by atoms with Crippen molar-refractivity contribution in [1.29, 1.82) is 0 Å². The maximum atomic E-state index is 5.83. The molecule has 1 fully saturated rings. The van der Waals surface area contributed by atoms with E-state index < -0.39 is 14.5 Å². The lowest BCUT2D eigenvalue weighted by Gasteiger charge is -2.19. The molecule has 0 radical (unpaired) electrons. The SMILES string of the molecule is CC(C)[O][Al]1[CH2]CCC[CH2]1.